The minimum absolute atomic E-state index is 0.0560. The summed E-state index contributed by atoms with van der Waals surface area (Å²) in [4.78, 5) is 17.9. The summed E-state index contributed by atoms with van der Waals surface area (Å²) in [5.41, 5.74) is 6.26. The maximum atomic E-state index is 12.1. The third-order valence-electron chi connectivity index (χ3n) is 2.85. The number of aromatic nitrogens is 1. The molecule has 1 aliphatic rings. The monoisotopic (exact) mass is 235 g/mol. The molecule has 0 saturated carbocycles. The molecule has 0 radical (unpaired) electrons. The van der Waals surface area contributed by atoms with E-state index >= 15 is 0 Å². The standard InChI is InChI=1S/C12H17N3O2/c1-9(13)11-8-15(6-7-17-11)12(16)10-4-2-3-5-14-10/h2-5,9,11H,6-8,13H2,1H3. The normalized spacial score (nSPS) is 22.2. The van der Waals surface area contributed by atoms with E-state index in [2.05, 4.69) is 4.98 Å². The second kappa shape index (κ2) is 5.25. The van der Waals surface area contributed by atoms with Crippen LogP contribution in [0.4, 0.5) is 0 Å². The van der Waals surface area contributed by atoms with Crippen molar-refractivity contribution in [3.8, 4) is 0 Å². The first kappa shape index (κ1) is 12.0. The molecule has 1 aromatic rings. The van der Waals surface area contributed by atoms with E-state index in [0.29, 0.717) is 25.4 Å². The van der Waals surface area contributed by atoms with Gasteiger partial charge in [0.05, 0.1) is 12.7 Å². The van der Waals surface area contributed by atoms with Crippen molar-refractivity contribution in [1.29, 1.82) is 0 Å². The molecule has 2 N–H and O–H groups in total. The highest BCUT2D eigenvalue weighted by Crippen LogP contribution is 2.10. The van der Waals surface area contributed by atoms with E-state index in [1.165, 1.54) is 0 Å². The molecule has 1 aliphatic heterocycles. The fraction of sp³-hybridized carbons (Fsp3) is 0.500. The van der Waals surface area contributed by atoms with Gasteiger partial charge < -0.3 is 15.4 Å². The third kappa shape index (κ3) is 2.81. The van der Waals surface area contributed by atoms with Crippen LogP contribution in [0.25, 0.3) is 0 Å². The van der Waals surface area contributed by atoms with Gasteiger partial charge in [-0.15, -0.1) is 0 Å². The number of rotatable bonds is 2. The van der Waals surface area contributed by atoms with Crippen molar-refractivity contribution in [1.82, 2.24) is 9.88 Å². The Morgan fingerprint density at radius 2 is 2.47 bits per heavy atom. The SMILES string of the molecule is CC(N)C1CN(C(=O)c2ccccn2)CCO1. The van der Waals surface area contributed by atoms with Crippen molar-refractivity contribution in [2.45, 2.75) is 19.1 Å². The van der Waals surface area contributed by atoms with Crippen molar-refractivity contribution in [2.75, 3.05) is 19.7 Å². The second-order valence-corrected chi connectivity index (χ2v) is 4.23. The summed E-state index contributed by atoms with van der Waals surface area (Å²) in [6.45, 7) is 3.55. The van der Waals surface area contributed by atoms with Crippen LogP contribution >= 0.6 is 0 Å². The van der Waals surface area contributed by atoms with E-state index in [9.17, 15) is 4.79 Å². The molecule has 1 amide bonds. The molecule has 2 unspecified atom stereocenters. The number of morpholine rings is 1. The maximum Gasteiger partial charge on any atom is 0.272 e. The molecule has 2 atom stereocenters. The number of nitrogens with zero attached hydrogens (tertiary/aromatic N) is 2. The van der Waals surface area contributed by atoms with Crippen LogP contribution in [-0.2, 0) is 4.74 Å². The van der Waals surface area contributed by atoms with Gasteiger partial charge in [0.2, 0.25) is 0 Å². The van der Waals surface area contributed by atoms with Gasteiger partial charge in [0.1, 0.15) is 5.69 Å². The zero-order chi connectivity index (χ0) is 12.3. The molecule has 1 saturated heterocycles. The quantitative estimate of drug-likeness (QED) is 0.799. The van der Waals surface area contributed by atoms with Crippen LogP contribution in [0, 0.1) is 0 Å². The van der Waals surface area contributed by atoms with Crippen molar-refractivity contribution in [2.24, 2.45) is 5.73 Å². The van der Waals surface area contributed by atoms with Crippen LogP contribution in [0.5, 0.6) is 0 Å². The van der Waals surface area contributed by atoms with Crippen LogP contribution in [0.3, 0.4) is 0 Å². The molecule has 0 spiro atoms. The van der Waals surface area contributed by atoms with E-state index < -0.39 is 0 Å². The fourth-order valence-corrected chi connectivity index (χ4v) is 1.83. The summed E-state index contributed by atoms with van der Waals surface area (Å²) in [6, 6.07) is 5.25. The molecule has 0 aromatic carbocycles. The summed E-state index contributed by atoms with van der Waals surface area (Å²) in [7, 11) is 0. The lowest BCUT2D eigenvalue weighted by Gasteiger charge is -2.34. The summed E-state index contributed by atoms with van der Waals surface area (Å²) < 4.78 is 5.52. The van der Waals surface area contributed by atoms with E-state index in [-0.39, 0.29) is 18.1 Å². The second-order valence-electron chi connectivity index (χ2n) is 4.23. The Morgan fingerprint density at radius 1 is 1.65 bits per heavy atom. The zero-order valence-corrected chi connectivity index (χ0v) is 9.87. The van der Waals surface area contributed by atoms with E-state index in [0.717, 1.165) is 0 Å². The lowest BCUT2D eigenvalue weighted by Crippen LogP contribution is -2.51. The summed E-state index contributed by atoms with van der Waals surface area (Å²) >= 11 is 0. The first-order valence-electron chi connectivity index (χ1n) is 5.76. The van der Waals surface area contributed by atoms with Crippen molar-refractivity contribution in [3.05, 3.63) is 30.1 Å². The smallest absolute Gasteiger partial charge is 0.272 e. The number of ether oxygens (including phenoxy) is 1. The first-order valence-corrected chi connectivity index (χ1v) is 5.76. The van der Waals surface area contributed by atoms with Gasteiger partial charge in [-0.3, -0.25) is 9.78 Å². The minimum atomic E-state index is -0.0867. The van der Waals surface area contributed by atoms with E-state index in [1.807, 2.05) is 13.0 Å². The Morgan fingerprint density at radius 3 is 3.12 bits per heavy atom. The minimum Gasteiger partial charge on any atom is -0.373 e. The van der Waals surface area contributed by atoms with Crippen molar-refractivity contribution >= 4 is 5.91 Å². The van der Waals surface area contributed by atoms with Crippen LogP contribution in [-0.4, -0.2) is 47.6 Å². The number of pyridine rings is 1. The van der Waals surface area contributed by atoms with Crippen LogP contribution in [0.2, 0.25) is 0 Å². The van der Waals surface area contributed by atoms with Gasteiger partial charge in [-0.1, -0.05) is 6.07 Å². The van der Waals surface area contributed by atoms with Gasteiger partial charge in [-0.05, 0) is 19.1 Å². The lowest BCUT2D eigenvalue weighted by molar-refractivity contribution is -0.0301. The van der Waals surface area contributed by atoms with Gasteiger partial charge in [-0.2, -0.15) is 0 Å². The Balaban J connectivity index is 2.05. The van der Waals surface area contributed by atoms with Crippen LogP contribution < -0.4 is 5.73 Å². The highest BCUT2D eigenvalue weighted by Gasteiger charge is 2.27. The number of nitrogens with two attached hydrogens (primary N) is 1. The number of hydrogen-bond acceptors (Lipinski definition) is 4. The predicted molar refractivity (Wildman–Crippen MR) is 63.5 cm³/mol. The Labute approximate surface area is 101 Å². The molecule has 2 rings (SSSR count). The number of carbonyl (C=O) groups excluding carboxylic acids is 1. The molecule has 92 valence electrons. The fourth-order valence-electron chi connectivity index (χ4n) is 1.83. The summed E-state index contributed by atoms with van der Waals surface area (Å²) in [5.74, 6) is -0.0560. The van der Waals surface area contributed by atoms with Gasteiger partial charge in [0.15, 0.2) is 0 Å². The molecule has 2 heterocycles. The Kier molecular flexibility index (Phi) is 3.71. The van der Waals surface area contributed by atoms with Gasteiger partial charge in [-0.25, -0.2) is 0 Å². The third-order valence-corrected chi connectivity index (χ3v) is 2.85. The average molecular weight is 235 g/mol. The molecule has 1 aromatic heterocycles. The average Bonchev–Trinajstić information content (AvgIpc) is 2.39. The van der Waals surface area contributed by atoms with Crippen molar-refractivity contribution in [3.63, 3.8) is 0 Å². The van der Waals surface area contributed by atoms with Gasteiger partial charge in [0.25, 0.3) is 5.91 Å². The van der Waals surface area contributed by atoms with Gasteiger partial charge >= 0.3 is 0 Å². The number of amides is 1. The summed E-state index contributed by atoms with van der Waals surface area (Å²) in [5, 5.41) is 0. The molecule has 17 heavy (non-hydrogen) atoms. The highest BCUT2D eigenvalue weighted by molar-refractivity contribution is 5.92. The molecule has 0 aliphatic carbocycles. The Hall–Kier alpha value is -1.46. The van der Waals surface area contributed by atoms with Gasteiger partial charge in [0, 0.05) is 25.3 Å². The lowest BCUT2D eigenvalue weighted by atomic mass is 10.1. The highest BCUT2D eigenvalue weighted by atomic mass is 16.5. The number of carbonyl (C=O) groups is 1. The molecular formula is C12H17N3O2. The van der Waals surface area contributed by atoms with E-state index in [1.54, 1.807) is 23.2 Å². The van der Waals surface area contributed by atoms with Crippen LogP contribution in [0.15, 0.2) is 24.4 Å². The summed E-state index contributed by atoms with van der Waals surface area (Å²) in [6.07, 6.45) is 1.54. The Bertz CT molecular complexity index is 381. The number of hydrogen-bond donors (Lipinski definition) is 1. The molecule has 1 fully saturated rings. The molecule has 0 bridgehead atoms. The maximum absolute atomic E-state index is 12.1. The molecule has 5 nitrogen and oxygen atoms in total. The molecule has 5 heteroatoms. The predicted octanol–water partition coefficient (Wildman–Crippen LogP) is 0.270. The topological polar surface area (TPSA) is 68.5 Å². The first-order chi connectivity index (χ1) is 8.18. The molecular weight excluding hydrogens is 218 g/mol. The zero-order valence-electron chi connectivity index (χ0n) is 9.87. The van der Waals surface area contributed by atoms with E-state index in [4.69, 9.17) is 10.5 Å². The van der Waals surface area contributed by atoms with Crippen LogP contribution in [0.1, 0.15) is 17.4 Å². The van der Waals surface area contributed by atoms with Crippen molar-refractivity contribution < 1.29 is 9.53 Å². The largest absolute Gasteiger partial charge is 0.373 e.